The number of carbonyl (C=O) groups excluding carboxylic acids is 1. The first-order valence-corrected chi connectivity index (χ1v) is 10.6. The minimum Gasteiger partial charge on any atom is -0.339 e. The van der Waals surface area contributed by atoms with E-state index >= 15 is 0 Å². The van der Waals surface area contributed by atoms with Crippen LogP contribution in [0.1, 0.15) is 38.2 Å². The number of thioether (sulfide) groups is 1. The van der Waals surface area contributed by atoms with Gasteiger partial charge in [0, 0.05) is 18.3 Å². The lowest BCUT2D eigenvalue weighted by Gasteiger charge is -2.35. The van der Waals surface area contributed by atoms with Crippen LogP contribution in [0.2, 0.25) is 0 Å². The molecule has 1 atom stereocenters. The minimum absolute atomic E-state index is 0.222. The number of piperidine rings is 1. The van der Waals surface area contributed by atoms with Gasteiger partial charge in [-0.2, -0.15) is 0 Å². The van der Waals surface area contributed by atoms with E-state index in [1.165, 1.54) is 35.1 Å². The summed E-state index contributed by atoms with van der Waals surface area (Å²) >= 11 is 2.97. The number of nitrogens with zero attached hydrogens (tertiary/aromatic N) is 3. The molecule has 1 saturated heterocycles. The molecule has 1 aliphatic rings. The largest absolute Gasteiger partial charge is 0.339 e. The molecule has 0 unspecified atom stereocenters. The zero-order chi connectivity index (χ0) is 17.6. The van der Waals surface area contributed by atoms with E-state index in [1.54, 1.807) is 0 Å². The number of hydrogen-bond acceptors (Lipinski definition) is 6. The number of hydrogen-bond donors (Lipinski definition) is 1. The molecule has 1 amide bonds. The monoisotopic (exact) mass is 376 g/mol. The van der Waals surface area contributed by atoms with Gasteiger partial charge in [0.15, 0.2) is 4.34 Å². The molecule has 1 aliphatic heterocycles. The van der Waals surface area contributed by atoms with Crippen molar-refractivity contribution in [1.29, 1.82) is 0 Å². The van der Waals surface area contributed by atoms with Crippen molar-refractivity contribution in [1.82, 2.24) is 15.1 Å². The third-order valence-corrected chi connectivity index (χ3v) is 6.37. The number of anilines is 2. The number of amides is 1. The quantitative estimate of drug-likeness (QED) is 0.754. The summed E-state index contributed by atoms with van der Waals surface area (Å²) in [7, 11) is 0. The average Bonchev–Trinajstić information content (AvgIpc) is 3.07. The van der Waals surface area contributed by atoms with Crippen molar-refractivity contribution < 1.29 is 4.79 Å². The molecule has 25 heavy (non-hydrogen) atoms. The third-order valence-electron chi connectivity index (χ3n) is 4.41. The summed E-state index contributed by atoms with van der Waals surface area (Å²) in [4.78, 5) is 14.6. The molecular formula is C18H24N4OS2. The Morgan fingerprint density at radius 3 is 3.08 bits per heavy atom. The molecule has 0 radical (unpaired) electrons. The fourth-order valence-electron chi connectivity index (χ4n) is 3.12. The van der Waals surface area contributed by atoms with Crippen molar-refractivity contribution in [2.45, 2.75) is 49.9 Å². The molecule has 0 aliphatic carbocycles. The maximum absolute atomic E-state index is 12.5. The Morgan fingerprint density at radius 1 is 1.40 bits per heavy atom. The summed E-state index contributed by atoms with van der Waals surface area (Å²) < 4.78 is 0.827. The molecule has 2 heterocycles. The van der Waals surface area contributed by atoms with Gasteiger partial charge in [0.05, 0.1) is 5.75 Å². The van der Waals surface area contributed by atoms with Crippen LogP contribution in [0.4, 0.5) is 10.8 Å². The Bertz CT molecular complexity index is 719. The normalized spacial score (nSPS) is 17.5. The van der Waals surface area contributed by atoms with Crippen LogP contribution in [0, 0.1) is 6.92 Å². The SMILES string of the molecule is CC[C@H]1CCCCN1C(=O)CSc1nnc(Nc2cccc(C)c2)s1. The molecule has 1 aromatic heterocycles. The molecule has 1 N–H and O–H groups in total. The summed E-state index contributed by atoms with van der Waals surface area (Å²) in [5, 5.41) is 12.4. The molecule has 2 aromatic rings. The van der Waals surface area contributed by atoms with E-state index in [0.29, 0.717) is 11.8 Å². The van der Waals surface area contributed by atoms with E-state index in [2.05, 4.69) is 46.4 Å². The second kappa shape index (κ2) is 8.67. The molecule has 5 nitrogen and oxygen atoms in total. The Morgan fingerprint density at radius 2 is 2.28 bits per heavy atom. The van der Waals surface area contributed by atoms with Gasteiger partial charge in [-0.1, -0.05) is 42.2 Å². The van der Waals surface area contributed by atoms with Crippen molar-refractivity contribution >= 4 is 39.8 Å². The number of carbonyl (C=O) groups is 1. The second-order valence-electron chi connectivity index (χ2n) is 6.30. The average molecular weight is 377 g/mol. The molecule has 3 rings (SSSR count). The Kier molecular flexibility index (Phi) is 6.31. The molecule has 134 valence electrons. The molecule has 7 heteroatoms. The number of nitrogens with one attached hydrogen (secondary N) is 1. The molecule has 1 aromatic carbocycles. The van der Waals surface area contributed by atoms with Crippen LogP contribution >= 0.6 is 23.1 Å². The molecule has 1 fully saturated rings. The van der Waals surface area contributed by atoms with E-state index in [1.807, 2.05) is 12.1 Å². The Hall–Kier alpha value is -1.60. The van der Waals surface area contributed by atoms with Crippen LogP contribution in [-0.2, 0) is 4.79 Å². The van der Waals surface area contributed by atoms with Gasteiger partial charge in [-0.15, -0.1) is 10.2 Å². The van der Waals surface area contributed by atoms with Gasteiger partial charge in [0.2, 0.25) is 11.0 Å². The fourth-order valence-corrected chi connectivity index (χ4v) is 4.78. The highest BCUT2D eigenvalue weighted by Gasteiger charge is 2.25. The van der Waals surface area contributed by atoms with E-state index in [0.717, 1.165) is 41.0 Å². The highest BCUT2D eigenvalue weighted by molar-refractivity contribution is 8.01. The van der Waals surface area contributed by atoms with Crippen molar-refractivity contribution in [3.63, 3.8) is 0 Å². The first-order valence-electron chi connectivity index (χ1n) is 8.75. The van der Waals surface area contributed by atoms with E-state index in [9.17, 15) is 4.79 Å². The molecule has 0 spiro atoms. The van der Waals surface area contributed by atoms with Crippen LogP contribution in [0.25, 0.3) is 0 Å². The van der Waals surface area contributed by atoms with E-state index in [-0.39, 0.29) is 5.91 Å². The van der Waals surface area contributed by atoms with Crippen molar-refractivity contribution in [3.05, 3.63) is 29.8 Å². The number of aromatic nitrogens is 2. The standard InChI is InChI=1S/C18H24N4OS2/c1-3-15-9-4-5-10-22(15)16(23)12-24-18-21-20-17(25-18)19-14-8-6-7-13(2)11-14/h6-8,11,15H,3-5,9-10,12H2,1-2H3,(H,19,20)/t15-/m0/s1. The number of likely N-dealkylation sites (tertiary alicyclic amines) is 1. The predicted molar refractivity (Wildman–Crippen MR) is 105 cm³/mol. The Balaban J connectivity index is 1.53. The second-order valence-corrected chi connectivity index (χ2v) is 8.50. The van der Waals surface area contributed by atoms with Gasteiger partial charge in [0.1, 0.15) is 0 Å². The van der Waals surface area contributed by atoms with Crippen molar-refractivity contribution in [2.75, 3.05) is 17.6 Å². The molecular weight excluding hydrogens is 352 g/mol. The van der Waals surface area contributed by atoms with Gasteiger partial charge in [0.25, 0.3) is 0 Å². The van der Waals surface area contributed by atoms with Gasteiger partial charge >= 0.3 is 0 Å². The summed E-state index contributed by atoms with van der Waals surface area (Å²) in [6.07, 6.45) is 4.53. The minimum atomic E-state index is 0.222. The number of rotatable bonds is 6. The van der Waals surface area contributed by atoms with Crippen LogP contribution in [0.3, 0.4) is 0 Å². The third kappa shape index (κ3) is 4.95. The highest BCUT2D eigenvalue weighted by atomic mass is 32.2. The number of aryl methyl sites for hydroxylation is 1. The molecule has 0 saturated carbocycles. The summed E-state index contributed by atoms with van der Waals surface area (Å²) in [6.45, 7) is 5.12. The maximum atomic E-state index is 12.5. The lowest BCUT2D eigenvalue weighted by atomic mass is 10.0. The lowest BCUT2D eigenvalue weighted by molar-refractivity contribution is -0.132. The predicted octanol–water partition coefficient (Wildman–Crippen LogP) is 4.47. The fraction of sp³-hybridized carbons (Fsp3) is 0.500. The van der Waals surface area contributed by atoms with Crippen LogP contribution in [0.15, 0.2) is 28.6 Å². The van der Waals surface area contributed by atoms with Gasteiger partial charge in [-0.3, -0.25) is 4.79 Å². The topological polar surface area (TPSA) is 58.1 Å². The smallest absolute Gasteiger partial charge is 0.233 e. The van der Waals surface area contributed by atoms with Crippen molar-refractivity contribution in [3.8, 4) is 0 Å². The summed E-state index contributed by atoms with van der Waals surface area (Å²) in [5.74, 6) is 0.662. The number of benzene rings is 1. The Labute approximate surface area is 157 Å². The first kappa shape index (κ1) is 18.2. The highest BCUT2D eigenvalue weighted by Crippen LogP contribution is 2.29. The van der Waals surface area contributed by atoms with Crippen LogP contribution in [0.5, 0.6) is 0 Å². The maximum Gasteiger partial charge on any atom is 0.233 e. The zero-order valence-corrected chi connectivity index (χ0v) is 16.3. The van der Waals surface area contributed by atoms with E-state index in [4.69, 9.17) is 0 Å². The first-order chi connectivity index (χ1) is 12.2. The summed E-state index contributed by atoms with van der Waals surface area (Å²) in [5.41, 5.74) is 2.20. The zero-order valence-electron chi connectivity index (χ0n) is 14.7. The molecule has 0 bridgehead atoms. The van der Waals surface area contributed by atoms with Gasteiger partial charge in [-0.25, -0.2) is 0 Å². The lowest BCUT2D eigenvalue weighted by Crippen LogP contribution is -2.44. The van der Waals surface area contributed by atoms with E-state index < -0.39 is 0 Å². The van der Waals surface area contributed by atoms with Gasteiger partial charge in [-0.05, 0) is 50.3 Å². The summed E-state index contributed by atoms with van der Waals surface area (Å²) in [6, 6.07) is 8.55. The van der Waals surface area contributed by atoms with Gasteiger partial charge < -0.3 is 10.2 Å². The van der Waals surface area contributed by atoms with Crippen LogP contribution in [-0.4, -0.2) is 39.3 Å². The van der Waals surface area contributed by atoms with Crippen LogP contribution < -0.4 is 5.32 Å². The van der Waals surface area contributed by atoms with Crippen molar-refractivity contribution in [2.24, 2.45) is 0 Å².